The van der Waals surface area contributed by atoms with Gasteiger partial charge in [0, 0.05) is 6.07 Å². The molecule has 1 fully saturated rings. The van der Waals surface area contributed by atoms with Gasteiger partial charge in [0.15, 0.2) is 25.5 Å². The fraction of sp³-hybridized carbons (Fsp3) is 0.500. The van der Waals surface area contributed by atoms with Crippen LogP contribution in [0.4, 0.5) is 8.78 Å². The molecule has 1 aliphatic rings. The van der Waals surface area contributed by atoms with Crippen LogP contribution < -0.4 is 4.74 Å². The highest BCUT2D eigenvalue weighted by molar-refractivity contribution is 6.69. The van der Waals surface area contributed by atoms with Crippen molar-refractivity contribution in [2.24, 2.45) is 0 Å². The van der Waals surface area contributed by atoms with Gasteiger partial charge in [0.25, 0.3) is 0 Å². The van der Waals surface area contributed by atoms with Crippen LogP contribution in [0.25, 0.3) is 0 Å². The van der Waals surface area contributed by atoms with Gasteiger partial charge >= 0.3 is 0 Å². The molecular weight excluding hydrogens is 280 g/mol. The topological polar surface area (TPSA) is 42.2 Å². The normalized spacial score (nSPS) is 25.7. The number of ether oxygens (including phenoxy) is 1. The minimum absolute atomic E-state index is 0.0464. The van der Waals surface area contributed by atoms with Crippen LogP contribution in [-0.4, -0.2) is 20.0 Å². The lowest BCUT2D eigenvalue weighted by atomic mass is 9.78. The van der Waals surface area contributed by atoms with E-state index in [1.807, 2.05) is 19.6 Å². The quantitative estimate of drug-likeness (QED) is 0.797. The average molecular weight is 297 g/mol. The molecule has 0 N–H and O–H groups in total. The molecule has 0 amide bonds. The van der Waals surface area contributed by atoms with Crippen LogP contribution >= 0.6 is 0 Å². The summed E-state index contributed by atoms with van der Waals surface area (Å²) in [6.45, 7) is 5.96. The van der Waals surface area contributed by atoms with Crippen molar-refractivity contribution in [3.8, 4) is 11.8 Å². The molecule has 1 aliphatic carbocycles. The molecule has 1 aromatic rings. The Balaban J connectivity index is 2.15. The van der Waals surface area contributed by atoms with Crippen molar-refractivity contribution in [3.63, 3.8) is 0 Å². The van der Waals surface area contributed by atoms with Gasteiger partial charge in [-0.15, -0.1) is 0 Å². The third-order valence-corrected chi connectivity index (χ3v) is 4.12. The van der Waals surface area contributed by atoms with Crippen LogP contribution in [0.1, 0.15) is 12.8 Å². The summed E-state index contributed by atoms with van der Waals surface area (Å²) in [6.07, 6.45) is 0.676. The molecule has 0 saturated heterocycles. The van der Waals surface area contributed by atoms with Crippen molar-refractivity contribution in [1.82, 2.24) is 0 Å². The molecule has 0 bridgehead atoms. The second-order valence-corrected chi connectivity index (χ2v) is 10.4. The highest BCUT2D eigenvalue weighted by atomic mass is 28.4. The third-order valence-electron chi connectivity index (χ3n) is 3.14. The first-order valence-corrected chi connectivity index (χ1v) is 9.90. The van der Waals surface area contributed by atoms with Crippen LogP contribution in [0, 0.1) is 23.0 Å². The predicted octanol–water partition coefficient (Wildman–Crippen LogP) is 3.62. The van der Waals surface area contributed by atoms with E-state index in [0.717, 1.165) is 12.1 Å². The lowest BCUT2D eigenvalue weighted by Gasteiger charge is -2.46. The van der Waals surface area contributed by atoms with Crippen molar-refractivity contribution >= 4 is 8.32 Å². The number of nitriles is 1. The van der Waals surface area contributed by atoms with Crippen LogP contribution in [0.15, 0.2) is 18.2 Å². The third kappa shape index (κ3) is 2.99. The van der Waals surface area contributed by atoms with Gasteiger partial charge in [-0.1, -0.05) is 0 Å². The SMILES string of the molecule is C[Si](C)(C)OC1(C#N)CCC1Oc1ccc(F)cc1F. The van der Waals surface area contributed by atoms with Gasteiger partial charge < -0.3 is 9.16 Å². The maximum Gasteiger partial charge on any atom is 0.186 e. The fourth-order valence-electron chi connectivity index (χ4n) is 2.22. The Morgan fingerprint density at radius 1 is 1.35 bits per heavy atom. The number of rotatable bonds is 4. The van der Waals surface area contributed by atoms with E-state index in [1.54, 1.807) is 0 Å². The van der Waals surface area contributed by atoms with E-state index in [1.165, 1.54) is 6.07 Å². The molecule has 1 aromatic carbocycles. The number of hydrogen-bond donors (Lipinski definition) is 0. The van der Waals surface area contributed by atoms with Gasteiger partial charge in [-0.3, -0.25) is 0 Å². The molecular formula is C14H17F2NO2Si. The Hall–Kier alpha value is -1.45. The van der Waals surface area contributed by atoms with E-state index in [-0.39, 0.29) is 5.75 Å². The summed E-state index contributed by atoms with van der Waals surface area (Å²) in [6, 6.07) is 5.29. The van der Waals surface area contributed by atoms with E-state index in [9.17, 15) is 14.0 Å². The summed E-state index contributed by atoms with van der Waals surface area (Å²) in [4.78, 5) is 0. The summed E-state index contributed by atoms with van der Waals surface area (Å²) in [7, 11) is -1.92. The van der Waals surface area contributed by atoms with Crippen LogP contribution in [-0.2, 0) is 4.43 Å². The van der Waals surface area contributed by atoms with Crippen molar-refractivity contribution < 1.29 is 17.9 Å². The molecule has 0 aromatic heterocycles. The van der Waals surface area contributed by atoms with Gasteiger partial charge in [-0.25, -0.2) is 8.78 Å². The molecule has 2 rings (SSSR count). The smallest absolute Gasteiger partial charge is 0.186 e. The second kappa shape index (κ2) is 5.15. The molecule has 6 heteroatoms. The summed E-state index contributed by atoms with van der Waals surface area (Å²) >= 11 is 0. The summed E-state index contributed by atoms with van der Waals surface area (Å²) in [5.74, 6) is -1.47. The zero-order valence-corrected chi connectivity index (χ0v) is 12.7. The van der Waals surface area contributed by atoms with Gasteiger partial charge in [0.2, 0.25) is 0 Å². The Bertz CT molecular complexity index is 553. The summed E-state index contributed by atoms with van der Waals surface area (Å²) < 4.78 is 37.9. The zero-order chi connectivity index (χ0) is 15.0. The van der Waals surface area contributed by atoms with Gasteiger partial charge in [-0.05, 0) is 44.6 Å². The monoisotopic (exact) mass is 297 g/mol. The molecule has 0 radical (unpaired) electrons. The van der Waals surface area contributed by atoms with Crippen LogP contribution in [0.3, 0.4) is 0 Å². The summed E-state index contributed by atoms with van der Waals surface area (Å²) in [5.41, 5.74) is -1.01. The molecule has 20 heavy (non-hydrogen) atoms. The zero-order valence-electron chi connectivity index (χ0n) is 11.7. The Morgan fingerprint density at radius 2 is 2.05 bits per heavy atom. The average Bonchev–Trinajstić information content (AvgIpc) is 2.32. The van der Waals surface area contributed by atoms with E-state index >= 15 is 0 Å². The van der Waals surface area contributed by atoms with Crippen molar-refractivity contribution in [2.45, 2.75) is 44.2 Å². The van der Waals surface area contributed by atoms with E-state index in [4.69, 9.17) is 9.16 Å². The minimum atomic E-state index is -1.92. The van der Waals surface area contributed by atoms with Crippen molar-refractivity contribution in [1.29, 1.82) is 5.26 Å². The Kier molecular flexibility index (Phi) is 3.85. The van der Waals surface area contributed by atoms with Crippen molar-refractivity contribution in [2.75, 3.05) is 0 Å². The maximum absolute atomic E-state index is 13.6. The lowest BCUT2D eigenvalue weighted by Crippen LogP contribution is -2.59. The molecule has 2 unspecified atom stereocenters. The van der Waals surface area contributed by atoms with Crippen LogP contribution in [0.5, 0.6) is 5.75 Å². The number of hydrogen-bond acceptors (Lipinski definition) is 3. The van der Waals surface area contributed by atoms with Crippen molar-refractivity contribution in [3.05, 3.63) is 29.8 Å². The molecule has 2 atom stereocenters. The highest BCUT2D eigenvalue weighted by Crippen LogP contribution is 2.40. The van der Waals surface area contributed by atoms with E-state index < -0.39 is 31.7 Å². The number of benzene rings is 1. The number of nitrogens with zero attached hydrogens (tertiary/aromatic N) is 1. The highest BCUT2D eigenvalue weighted by Gasteiger charge is 2.53. The molecule has 108 valence electrons. The Labute approximate surface area is 118 Å². The lowest BCUT2D eigenvalue weighted by molar-refractivity contribution is -0.0789. The standard InChI is InChI=1S/C14H17F2NO2Si/c1-20(2,3)19-14(9-17)7-6-13(14)18-12-5-4-10(15)8-11(12)16/h4-5,8,13H,6-7H2,1-3H3. The first kappa shape index (κ1) is 14.9. The molecule has 1 saturated carbocycles. The number of halogens is 2. The van der Waals surface area contributed by atoms with E-state index in [2.05, 4.69) is 6.07 Å². The fourth-order valence-corrected chi connectivity index (χ4v) is 3.59. The minimum Gasteiger partial charge on any atom is -0.483 e. The van der Waals surface area contributed by atoms with Crippen LogP contribution in [0.2, 0.25) is 19.6 Å². The molecule has 0 aliphatic heterocycles. The molecule has 0 heterocycles. The maximum atomic E-state index is 13.6. The predicted molar refractivity (Wildman–Crippen MR) is 72.8 cm³/mol. The van der Waals surface area contributed by atoms with Gasteiger partial charge in [0.1, 0.15) is 18.0 Å². The first-order chi connectivity index (χ1) is 9.26. The van der Waals surface area contributed by atoms with Gasteiger partial charge in [-0.2, -0.15) is 5.26 Å². The molecule has 0 spiro atoms. The summed E-state index contributed by atoms with van der Waals surface area (Å²) in [5, 5.41) is 9.38. The molecule has 3 nitrogen and oxygen atoms in total. The van der Waals surface area contributed by atoms with E-state index in [0.29, 0.717) is 12.8 Å². The van der Waals surface area contributed by atoms with Gasteiger partial charge in [0.05, 0.1) is 0 Å². The first-order valence-electron chi connectivity index (χ1n) is 6.49. The second-order valence-electron chi connectivity index (χ2n) is 5.94. The largest absolute Gasteiger partial charge is 0.483 e. The Morgan fingerprint density at radius 3 is 2.50 bits per heavy atom.